The van der Waals surface area contributed by atoms with Crippen LogP contribution in [-0.2, 0) is 17.6 Å². The molecule has 1 aromatic carbocycles. The van der Waals surface area contributed by atoms with Crippen molar-refractivity contribution in [3.05, 3.63) is 73.3 Å². The maximum absolute atomic E-state index is 12.7. The molecule has 0 saturated heterocycles. The predicted molar refractivity (Wildman–Crippen MR) is 133 cm³/mol. The van der Waals surface area contributed by atoms with Gasteiger partial charge in [0.2, 0.25) is 0 Å². The van der Waals surface area contributed by atoms with Crippen LogP contribution in [-0.4, -0.2) is 21.6 Å². The number of carboxylic acid groups (broad SMARTS) is 1. The molecule has 2 heterocycles. The maximum Gasteiger partial charge on any atom is 0.339 e. The molecule has 1 amide bonds. The number of hydrogen-bond donors (Lipinski definition) is 2. The molecular formula is C25H22BrN3O3S. The summed E-state index contributed by atoms with van der Waals surface area (Å²) in [7, 11) is 0. The van der Waals surface area contributed by atoms with Crippen molar-refractivity contribution in [2.75, 3.05) is 5.32 Å². The average Bonchev–Trinajstić information content (AvgIpc) is 3.28. The molecule has 33 heavy (non-hydrogen) atoms. The maximum atomic E-state index is 12.7. The second kappa shape index (κ2) is 9.38. The van der Waals surface area contributed by atoms with E-state index < -0.39 is 11.9 Å². The Hall–Kier alpha value is -3.15. The number of halogens is 1. The minimum absolute atomic E-state index is 0.0286. The van der Waals surface area contributed by atoms with Gasteiger partial charge in [-0.05, 0) is 81.0 Å². The Labute approximate surface area is 204 Å². The molecule has 1 aliphatic rings. The number of carbonyl (C=O) groups is 2. The van der Waals surface area contributed by atoms with Crippen LogP contribution in [0.25, 0.3) is 11.1 Å². The van der Waals surface area contributed by atoms with Crippen molar-refractivity contribution in [3.8, 4) is 11.1 Å². The minimum atomic E-state index is -0.917. The molecule has 2 N–H and O–H groups in total. The molecule has 0 spiro atoms. The Bertz CT molecular complexity index is 1340. The van der Waals surface area contributed by atoms with Crippen LogP contribution in [0.4, 0.5) is 5.69 Å². The highest BCUT2D eigenvalue weighted by Crippen LogP contribution is 2.39. The van der Waals surface area contributed by atoms with Crippen LogP contribution >= 0.6 is 27.3 Å². The molecule has 2 aromatic heterocycles. The first kappa shape index (κ1) is 23.0. The van der Waals surface area contributed by atoms with Crippen molar-refractivity contribution in [2.24, 2.45) is 0 Å². The highest BCUT2D eigenvalue weighted by molar-refractivity contribution is 9.10. The molecule has 6 nitrogen and oxygen atoms in total. The van der Waals surface area contributed by atoms with Crippen LogP contribution in [0.3, 0.4) is 0 Å². The molecule has 0 aliphatic heterocycles. The number of anilines is 1. The lowest BCUT2D eigenvalue weighted by Gasteiger charge is -2.11. The van der Waals surface area contributed by atoms with E-state index in [-0.39, 0.29) is 5.57 Å². The average molecular weight is 524 g/mol. The van der Waals surface area contributed by atoms with E-state index in [1.54, 1.807) is 24.3 Å². The van der Waals surface area contributed by atoms with Crippen molar-refractivity contribution in [1.82, 2.24) is 4.57 Å². The van der Waals surface area contributed by atoms with Crippen LogP contribution < -0.4 is 5.32 Å². The first-order chi connectivity index (χ1) is 15.8. The molecule has 1 aliphatic carbocycles. The van der Waals surface area contributed by atoms with E-state index in [9.17, 15) is 20.0 Å². The number of hydrogen-bond acceptors (Lipinski definition) is 4. The summed E-state index contributed by atoms with van der Waals surface area (Å²) in [5.74, 6) is -1.42. The van der Waals surface area contributed by atoms with E-state index in [1.165, 1.54) is 11.3 Å². The fraction of sp³-hybridized carbons (Fsp3) is 0.240. The van der Waals surface area contributed by atoms with Crippen molar-refractivity contribution in [1.29, 1.82) is 5.26 Å². The number of aromatic nitrogens is 1. The highest BCUT2D eigenvalue weighted by Gasteiger charge is 2.27. The van der Waals surface area contributed by atoms with E-state index in [4.69, 9.17) is 0 Å². The predicted octanol–water partition coefficient (Wildman–Crippen LogP) is 6.04. The summed E-state index contributed by atoms with van der Waals surface area (Å²) in [6, 6.07) is 11.0. The number of nitrogens with one attached hydrogen (secondary N) is 1. The second-order valence-corrected chi connectivity index (χ2v) is 9.99. The Morgan fingerprint density at radius 3 is 2.70 bits per heavy atom. The van der Waals surface area contributed by atoms with Crippen molar-refractivity contribution >= 4 is 50.9 Å². The number of thiophene rings is 1. The summed E-state index contributed by atoms with van der Waals surface area (Å²) in [6.45, 7) is 3.78. The van der Waals surface area contributed by atoms with Gasteiger partial charge in [0.15, 0.2) is 0 Å². The number of carboxylic acids is 1. The second-order valence-electron chi connectivity index (χ2n) is 7.99. The topological polar surface area (TPSA) is 95.1 Å². The summed E-state index contributed by atoms with van der Waals surface area (Å²) in [5.41, 5.74) is 4.22. The lowest BCUT2D eigenvalue weighted by molar-refractivity contribution is -0.112. The van der Waals surface area contributed by atoms with Gasteiger partial charge in [0, 0.05) is 26.4 Å². The van der Waals surface area contributed by atoms with E-state index in [0.29, 0.717) is 21.8 Å². The number of nitrogens with zero attached hydrogens (tertiary/aromatic N) is 2. The number of aromatic carboxylic acids is 1. The van der Waals surface area contributed by atoms with Gasteiger partial charge in [0.05, 0.1) is 5.56 Å². The molecule has 0 fully saturated rings. The van der Waals surface area contributed by atoms with Gasteiger partial charge in [-0.3, -0.25) is 4.79 Å². The minimum Gasteiger partial charge on any atom is -0.478 e. The summed E-state index contributed by atoms with van der Waals surface area (Å²) >= 11 is 4.90. The van der Waals surface area contributed by atoms with Gasteiger partial charge < -0.3 is 15.0 Å². The largest absolute Gasteiger partial charge is 0.478 e. The van der Waals surface area contributed by atoms with Gasteiger partial charge in [-0.25, -0.2) is 4.79 Å². The van der Waals surface area contributed by atoms with Crippen LogP contribution in [0.2, 0.25) is 0 Å². The Morgan fingerprint density at radius 2 is 2.00 bits per heavy atom. The van der Waals surface area contributed by atoms with Gasteiger partial charge in [-0.15, -0.1) is 11.3 Å². The first-order valence-corrected chi connectivity index (χ1v) is 12.2. The molecule has 168 valence electrons. The number of carbonyl (C=O) groups excluding carboxylic acids is 1. The Balaban J connectivity index is 1.73. The lowest BCUT2D eigenvalue weighted by Crippen LogP contribution is -2.13. The van der Waals surface area contributed by atoms with Gasteiger partial charge in [0.25, 0.3) is 5.91 Å². The first-order valence-electron chi connectivity index (χ1n) is 10.6. The van der Waals surface area contributed by atoms with Gasteiger partial charge >= 0.3 is 5.97 Å². The number of nitriles is 1. The zero-order valence-electron chi connectivity index (χ0n) is 18.2. The lowest BCUT2D eigenvalue weighted by atomic mass is 9.95. The zero-order chi connectivity index (χ0) is 23.7. The summed E-state index contributed by atoms with van der Waals surface area (Å²) in [6.07, 6.45) is 5.32. The number of amides is 1. The third-order valence-corrected chi connectivity index (χ3v) is 7.56. The van der Waals surface area contributed by atoms with E-state index in [1.807, 2.05) is 36.6 Å². The van der Waals surface area contributed by atoms with Crippen LogP contribution in [0.15, 0.2) is 40.4 Å². The van der Waals surface area contributed by atoms with Gasteiger partial charge in [-0.1, -0.05) is 22.0 Å². The standard InChI is InChI=1S/C25H22BrN3O3S/c1-14-10-16(11-17(13-27)23(30)28-19-7-5-6-18(26)12-19)15(2)29(14)24-22(25(31)32)20-8-3-4-9-21(20)33-24/h5-7,10-12H,3-4,8-9H2,1-2H3,(H,28,30)(H,31,32)/b17-11-. The van der Waals surface area contributed by atoms with Gasteiger partial charge in [0.1, 0.15) is 16.6 Å². The van der Waals surface area contributed by atoms with Crippen LogP contribution in [0.5, 0.6) is 0 Å². The molecule has 0 bridgehead atoms. The molecule has 8 heteroatoms. The summed E-state index contributed by atoms with van der Waals surface area (Å²) in [5, 5.41) is 23.0. The molecule has 0 unspecified atom stereocenters. The SMILES string of the molecule is Cc1cc(/C=C(/C#N)C(=O)Nc2cccc(Br)c2)c(C)n1-c1sc2c(c1C(=O)O)CCCC2. The number of rotatable bonds is 5. The van der Waals surface area contributed by atoms with Crippen molar-refractivity contribution in [2.45, 2.75) is 39.5 Å². The van der Waals surface area contributed by atoms with Crippen molar-refractivity contribution < 1.29 is 14.7 Å². The van der Waals surface area contributed by atoms with E-state index in [2.05, 4.69) is 21.2 Å². The normalized spacial score (nSPS) is 13.3. The molecule has 3 aromatic rings. The van der Waals surface area contributed by atoms with Gasteiger partial charge in [-0.2, -0.15) is 5.26 Å². The Kier molecular flexibility index (Phi) is 6.54. The van der Waals surface area contributed by atoms with E-state index >= 15 is 0 Å². The summed E-state index contributed by atoms with van der Waals surface area (Å²) < 4.78 is 2.75. The number of aryl methyl sites for hydroxylation is 2. The smallest absolute Gasteiger partial charge is 0.339 e. The van der Waals surface area contributed by atoms with Crippen LogP contribution in [0.1, 0.15) is 50.6 Å². The molecule has 4 rings (SSSR count). The number of benzene rings is 1. The fourth-order valence-electron chi connectivity index (χ4n) is 4.24. The third-order valence-electron chi connectivity index (χ3n) is 5.79. The van der Waals surface area contributed by atoms with E-state index in [0.717, 1.165) is 52.0 Å². The third kappa shape index (κ3) is 4.52. The highest BCUT2D eigenvalue weighted by atomic mass is 79.9. The monoisotopic (exact) mass is 523 g/mol. The Morgan fingerprint density at radius 1 is 1.24 bits per heavy atom. The molecule has 0 saturated carbocycles. The molecular weight excluding hydrogens is 502 g/mol. The molecule has 0 radical (unpaired) electrons. The van der Waals surface area contributed by atoms with Crippen LogP contribution in [0, 0.1) is 25.2 Å². The zero-order valence-corrected chi connectivity index (χ0v) is 20.6. The molecule has 0 atom stereocenters. The van der Waals surface area contributed by atoms with Crippen molar-refractivity contribution in [3.63, 3.8) is 0 Å². The summed E-state index contributed by atoms with van der Waals surface area (Å²) in [4.78, 5) is 26.0. The number of fused-ring (bicyclic) bond motifs is 1. The quantitative estimate of drug-likeness (QED) is 0.314. The fourth-order valence-corrected chi connectivity index (χ4v) is 6.14.